The quantitative estimate of drug-likeness (QED) is 0.429. The van der Waals surface area contributed by atoms with E-state index in [9.17, 15) is 14.0 Å². The Morgan fingerprint density at radius 1 is 1.19 bits per heavy atom. The van der Waals surface area contributed by atoms with Crippen LogP contribution < -0.4 is 5.43 Å². The van der Waals surface area contributed by atoms with Crippen molar-refractivity contribution < 1.29 is 14.0 Å². The number of fused-ring (bicyclic) bond motifs is 1. The molecule has 136 valence electrons. The van der Waals surface area contributed by atoms with Gasteiger partial charge in [-0.2, -0.15) is 5.10 Å². The lowest BCUT2D eigenvalue weighted by Crippen LogP contribution is -2.19. The molecule has 1 aromatic carbocycles. The Hall–Kier alpha value is -3.28. The number of amides is 1. The number of rotatable bonds is 5. The highest BCUT2D eigenvalue weighted by molar-refractivity contribution is 6.12. The molecule has 4 rings (SSSR count). The van der Waals surface area contributed by atoms with Crippen molar-refractivity contribution in [2.75, 3.05) is 0 Å². The number of hydrazone groups is 1. The summed E-state index contributed by atoms with van der Waals surface area (Å²) in [4.78, 5) is 24.8. The maximum Gasteiger partial charge on any atom is 0.243 e. The Kier molecular flexibility index (Phi) is 4.32. The zero-order chi connectivity index (χ0) is 19.0. The van der Waals surface area contributed by atoms with Gasteiger partial charge in [-0.25, -0.2) is 9.82 Å². The average Bonchev–Trinajstić information content (AvgIpc) is 3.48. The molecule has 0 spiro atoms. The number of aromatic nitrogens is 1. The third-order valence-electron chi connectivity index (χ3n) is 4.77. The van der Waals surface area contributed by atoms with E-state index < -0.39 is 0 Å². The molecule has 1 aliphatic rings. The van der Waals surface area contributed by atoms with Crippen molar-refractivity contribution in [2.45, 2.75) is 19.8 Å². The van der Waals surface area contributed by atoms with Gasteiger partial charge in [0, 0.05) is 23.2 Å². The lowest BCUT2D eigenvalue weighted by atomic mass is 10.0. The SMILES string of the molecule is Cc1c(/C=N/NC(=O)C2CC2)c2ccccn2c1C(=O)c1ccc(F)cc1. The van der Waals surface area contributed by atoms with Gasteiger partial charge in [0.1, 0.15) is 5.82 Å². The summed E-state index contributed by atoms with van der Waals surface area (Å²) >= 11 is 0. The summed E-state index contributed by atoms with van der Waals surface area (Å²) < 4.78 is 15.0. The Labute approximate surface area is 155 Å². The summed E-state index contributed by atoms with van der Waals surface area (Å²) in [6.45, 7) is 1.84. The van der Waals surface area contributed by atoms with E-state index in [0.717, 1.165) is 29.5 Å². The number of nitrogens with zero attached hydrogens (tertiary/aromatic N) is 2. The third-order valence-corrected chi connectivity index (χ3v) is 4.77. The molecule has 1 saturated carbocycles. The van der Waals surface area contributed by atoms with Crippen LogP contribution in [0.2, 0.25) is 0 Å². The van der Waals surface area contributed by atoms with E-state index in [1.807, 2.05) is 25.1 Å². The molecule has 3 aromatic rings. The second kappa shape index (κ2) is 6.79. The standard InChI is InChI=1S/C21H18FN3O2/c1-13-17(12-23-24-21(27)15-5-6-15)18-4-2-3-11-25(18)19(13)20(26)14-7-9-16(22)10-8-14/h2-4,7-12,15H,5-6H2,1H3,(H,24,27)/b23-12+. The predicted octanol–water partition coefficient (Wildman–Crippen LogP) is 3.48. The highest BCUT2D eigenvalue weighted by atomic mass is 19.1. The van der Waals surface area contributed by atoms with Gasteiger partial charge in [0.15, 0.2) is 0 Å². The van der Waals surface area contributed by atoms with Crippen molar-refractivity contribution in [2.24, 2.45) is 11.0 Å². The van der Waals surface area contributed by atoms with Crippen LogP contribution in [-0.2, 0) is 4.79 Å². The zero-order valence-corrected chi connectivity index (χ0v) is 14.8. The van der Waals surface area contributed by atoms with Gasteiger partial charge >= 0.3 is 0 Å². The predicted molar refractivity (Wildman–Crippen MR) is 100 cm³/mol. The molecule has 1 aliphatic carbocycles. The summed E-state index contributed by atoms with van der Waals surface area (Å²) in [5, 5.41) is 4.07. The van der Waals surface area contributed by atoms with E-state index in [1.165, 1.54) is 24.3 Å². The number of carbonyl (C=O) groups is 2. The van der Waals surface area contributed by atoms with Crippen molar-refractivity contribution >= 4 is 23.4 Å². The second-order valence-electron chi connectivity index (χ2n) is 6.69. The monoisotopic (exact) mass is 363 g/mol. The van der Waals surface area contributed by atoms with Crippen molar-refractivity contribution in [1.29, 1.82) is 0 Å². The normalized spacial score (nSPS) is 14.0. The van der Waals surface area contributed by atoms with Gasteiger partial charge in [-0.15, -0.1) is 0 Å². The van der Waals surface area contributed by atoms with Crippen LogP contribution in [0.4, 0.5) is 4.39 Å². The van der Waals surface area contributed by atoms with Gasteiger partial charge in [-0.1, -0.05) is 6.07 Å². The van der Waals surface area contributed by atoms with E-state index in [4.69, 9.17) is 0 Å². The molecule has 0 atom stereocenters. The maximum absolute atomic E-state index is 13.2. The molecular formula is C21H18FN3O2. The Morgan fingerprint density at radius 3 is 2.63 bits per heavy atom. The molecule has 0 aliphatic heterocycles. The Morgan fingerprint density at radius 2 is 1.93 bits per heavy atom. The molecule has 5 nitrogen and oxygen atoms in total. The molecule has 2 heterocycles. The molecule has 6 heteroatoms. The fourth-order valence-electron chi connectivity index (χ4n) is 3.14. The van der Waals surface area contributed by atoms with Crippen LogP contribution in [-0.4, -0.2) is 22.3 Å². The van der Waals surface area contributed by atoms with Crippen molar-refractivity contribution in [3.05, 3.63) is 76.9 Å². The number of benzene rings is 1. The molecule has 0 bridgehead atoms. The molecule has 27 heavy (non-hydrogen) atoms. The van der Waals surface area contributed by atoms with E-state index in [0.29, 0.717) is 11.3 Å². The summed E-state index contributed by atoms with van der Waals surface area (Å²) in [6, 6.07) is 11.1. The number of hydrogen-bond acceptors (Lipinski definition) is 3. The van der Waals surface area contributed by atoms with Gasteiger partial charge < -0.3 is 4.40 Å². The van der Waals surface area contributed by atoms with Crippen LogP contribution in [0, 0.1) is 18.7 Å². The maximum atomic E-state index is 13.2. The van der Waals surface area contributed by atoms with Crippen LogP contribution >= 0.6 is 0 Å². The van der Waals surface area contributed by atoms with Crippen LogP contribution in [0.1, 0.15) is 40.0 Å². The summed E-state index contributed by atoms with van der Waals surface area (Å²) in [7, 11) is 0. The first-order chi connectivity index (χ1) is 13.1. The van der Waals surface area contributed by atoms with Crippen LogP contribution in [0.3, 0.4) is 0 Å². The number of pyridine rings is 1. The lowest BCUT2D eigenvalue weighted by molar-refractivity contribution is -0.122. The summed E-state index contributed by atoms with van der Waals surface area (Å²) in [5.74, 6) is -0.586. The molecular weight excluding hydrogens is 345 g/mol. The summed E-state index contributed by atoms with van der Waals surface area (Å²) in [5.41, 5.74) is 5.78. The van der Waals surface area contributed by atoms with E-state index in [1.54, 1.807) is 16.8 Å². The summed E-state index contributed by atoms with van der Waals surface area (Å²) in [6.07, 6.45) is 5.20. The van der Waals surface area contributed by atoms with Crippen molar-refractivity contribution in [3.8, 4) is 0 Å². The Balaban J connectivity index is 1.73. The topological polar surface area (TPSA) is 62.9 Å². The first-order valence-corrected chi connectivity index (χ1v) is 8.79. The molecule has 1 fully saturated rings. The molecule has 0 radical (unpaired) electrons. The number of ketones is 1. The molecule has 0 saturated heterocycles. The van der Waals surface area contributed by atoms with Crippen LogP contribution in [0.15, 0.2) is 53.8 Å². The third kappa shape index (κ3) is 3.26. The molecule has 1 N–H and O–H groups in total. The van der Waals surface area contributed by atoms with Gasteiger partial charge in [-0.05, 0) is 61.7 Å². The highest BCUT2D eigenvalue weighted by Crippen LogP contribution is 2.29. The minimum atomic E-state index is -0.387. The second-order valence-corrected chi connectivity index (χ2v) is 6.69. The number of carbonyl (C=O) groups excluding carboxylic acids is 2. The van der Waals surface area contributed by atoms with Crippen molar-refractivity contribution in [1.82, 2.24) is 9.83 Å². The number of hydrogen-bond donors (Lipinski definition) is 1. The van der Waals surface area contributed by atoms with Crippen LogP contribution in [0.25, 0.3) is 5.52 Å². The zero-order valence-electron chi connectivity index (χ0n) is 14.8. The fourth-order valence-corrected chi connectivity index (χ4v) is 3.14. The minimum absolute atomic E-state index is 0.0737. The Bertz CT molecular complexity index is 1060. The number of halogens is 1. The number of nitrogens with one attached hydrogen (secondary N) is 1. The lowest BCUT2D eigenvalue weighted by Gasteiger charge is -2.04. The highest BCUT2D eigenvalue weighted by Gasteiger charge is 2.29. The average molecular weight is 363 g/mol. The van der Waals surface area contributed by atoms with Gasteiger partial charge in [0.05, 0.1) is 17.4 Å². The van der Waals surface area contributed by atoms with Crippen molar-refractivity contribution in [3.63, 3.8) is 0 Å². The van der Waals surface area contributed by atoms with E-state index in [-0.39, 0.29) is 23.4 Å². The molecule has 1 amide bonds. The molecule has 2 aromatic heterocycles. The van der Waals surface area contributed by atoms with Crippen LogP contribution in [0.5, 0.6) is 0 Å². The van der Waals surface area contributed by atoms with Gasteiger partial charge in [-0.3, -0.25) is 9.59 Å². The first kappa shape index (κ1) is 17.1. The van der Waals surface area contributed by atoms with E-state index in [2.05, 4.69) is 10.5 Å². The van der Waals surface area contributed by atoms with E-state index >= 15 is 0 Å². The smallest absolute Gasteiger partial charge is 0.243 e. The fraction of sp³-hybridized carbons (Fsp3) is 0.190. The minimum Gasteiger partial charge on any atom is -0.313 e. The van der Waals surface area contributed by atoms with Gasteiger partial charge in [0.2, 0.25) is 11.7 Å². The first-order valence-electron chi connectivity index (χ1n) is 8.79. The molecule has 0 unspecified atom stereocenters. The largest absolute Gasteiger partial charge is 0.313 e. The van der Waals surface area contributed by atoms with Gasteiger partial charge in [0.25, 0.3) is 0 Å².